The molecule has 3 heterocycles. The third-order valence-corrected chi connectivity index (χ3v) is 6.41. The number of amides is 1. The van der Waals surface area contributed by atoms with Crippen molar-refractivity contribution >= 4 is 28.7 Å². The van der Waals surface area contributed by atoms with Crippen LogP contribution in [0.4, 0.5) is 11.5 Å². The topological polar surface area (TPSA) is 136 Å². The number of carbonyl (C=O) groups excluding carboxylic acids is 1. The molecule has 4 aromatic rings. The lowest BCUT2D eigenvalue weighted by Gasteiger charge is -2.09. The van der Waals surface area contributed by atoms with E-state index in [4.69, 9.17) is 0 Å². The zero-order valence-electron chi connectivity index (χ0n) is 17.5. The van der Waals surface area contributed by atoms with Gasteiger partial charge in [-0.1, -0.05) is 12.1 Å². The van der Waals surface area contributed by atoms with Gasteiger partial charge in [0.25, 0.3) is 17.2 Å². The van der Waals surface area contributed by atoms with Crippen molar-refractivity contribution in [1.82, 2.24) is 19.7 Å². The van der Waals surface area contributed by atoms with Crippen LogP contribution < -0.4 is 10.9 Å². The molecule has 1 amide bonds. The summed E-state index contributed by atoms with van der Waals surface area (Å²) in [5.41, 5.74) is 2.25. The van der Waals surface area contributed by atoms with Gasteiger partial charge in [-0.3, -0.25) is 24.7 Å². The van der Waals surface area contributed by atoms with Crippen LogP contribution in [0, 0.1) is 17.0 Å². The molecule has 0 saturated heterocycles. The summed E-state index contributed by atoms with van der Waals surface area (Å²) in [7, 11) is 0. The van der Waals surface area contributed by atoms with Gasteiger partial charge in [0, 0.05) is 28.8 Å². The normalized spacial score (nSPS) is 12.5. The lowest BCUT2D eigenvalue weighted by molar-refractivity contribution is -0.385. The molecular formula is C22H18N6O4S. The molecule has 0 atom stereocenters. The van der Waals surface area contributed by atoms with Crippen LogP contribution in [0.15, 0.2) is 46.6 Å². The van der Waals surface area contributed by atoms with E-state index >= 15 is 0 Å². The molecule has 0 saturated carbocycles. The van der Waals surface area contributed by atoms with Gasteiger partial charge in [0.05, 0.1) is 15.5 Å². The molecule has 0 aliphatic heterocycles. The Bertz CT molecular complexity index is 1450. The molecule has 0 spiro atoms. The Kier molecular flexibility index (Phi) is 5.09. The lowest BCUT2D eigenvalue weighted by Crippen LogP contribution is -2.21. The first-order chi connectivity index (χ1) is 15.9. The summed E-state index contributed by atoms with van der Waals surface area (Å²) < 4.78 is 1.38. The third-order valence-electron chi connectivity index (χ3n) is 5.52. The number of nitro groups is 1. The maximum absolute atomic E-state index is 13.0. The number of nitrogens with zero attached hydrogens (tertiary/aromatic N) is 4. The summed E-state index contributed by atoms with van der Waals surface area (Å²) in [4.78, 5) is 44.5. The average molecular weight is 462 g/mol. The van der Waals surface area contributed by atoms with Crippen molar-refractivity contribution in [2.45, 2.75) is 26.2 Å². The second-order valence-corrected chi connectivity index (χ2v) is 8.63. The van der Waals surface area contributed by atoms with E-state index in [0.717, 1.165) is 17.0 Å². The highest BCUT2D eigenvalue weighted by molar-refractivity contribution is 7.13. The second-order valence-electron chi connectivity index (χ2n) is 7.68. The zero-order valence-corrected chi connectivity index (χ0v) is 18.3. The molecule has 3 aromatic heterocycles. The third kappa shape index (κ3) is 3.82. The van der Waals surface area contributed by atoms with E-state index in [2.05, 4.69) is 20.4 Å². The van der Waals surface area contributed by atoms with E-state index in [9.17, 15) is 19.7 Å². The van der Waals surface area contributed by atoms with Gasteiger partial charge in [-0.25, -0.2) is 4.98 Å². The molecule has 1 aliphatic rings. The zero-order chi connectivity index (χ0) is 23.1. The van der Waals surface area contributed by atoms with E-state index in [1.807, 2.05) is 17.5 Å². The summed E-state index contributed by atoms with van der Waals surface area (Å²) in [6, 6.07) is 9.75. The Labute approximate surface area is 191 Å². The number of aromatic amines is 1. The number of H-pyrrole nitrogens is 1. The van der Waals surface area contributed by atoms with Gasteiger partial charge in [0.2, 0.25) is 5.95 Å². The molecule has 2 N–H and O–H groups in total. The van der Waals surface area contributed by atoms with Crippen molar-refractivity contribution in [3.8, 4) is 16.5 Å². The predicted octanol–water partition coefficient (Wildman–Crippen LogP) is 3.64. The van der Waals surface area contributed by atoms with Crippen LogP contribution >= 0.6 is 11.3 Å². The number of hydrogen-bond acceptors (Lipinski definition) is 7. The van der Waals surface area contributed by atoms with Gasteiger partial charge >= 0.3 is 0 Å². The van der Waals surface area contributed by atoms with Gasteiger partial charge < -0.3 is 5.32 Å². The minimum absolute atomic E-state index is 0.133. The minimum atomic E-state index is -0.541. The Balaban J connectivity index is 1.57. The van der Waals surface area contributed by atoms with E-state index in [1.54, 1.807) is 13.0 Å². The quantitative estimate of drug-likeness (QED) is 0.343. The largest absolute Gasteiger partial charge is 0.306 e. The number of aromatic nitrogens is 4. The van der Waals surface area contributed by atoms with Gasteiger partial charge in [0.15, 0.2) is 0 Å². The van der Waals surface area contributed by atoms with Gasteiger partial charge in [-0.2, -0.15) is 9.78 Å². The van der Waals surface area contributed by atoms with Crippen molar-refractivity contribution in [3.05, 3.63) is 84.6 Å². The van der Waals surface area contributed by atoms with Crippen LogP contribution in [0.25, 0.3) is 16.5 Å². The second kappa shape index (κ2) is 8.10. The van der Waals surface area contributed by atoms with Crippen molar-refractivity contribution in [1.29, 1.82) is 0 Å². The highest BCUT2D eigenvalue weighted by Crippen LogP contribution is 2.28. The van der Waals surface area contributed by atoms with Crippen molar-refractivity contribution in [3.63, 3.8) is 0 Å². The minimum Gasteiger partial charge on any atom is -0.306 e. The van der Waals surface area contributed by atoms with E-state index in [0.29, 0.717) is 29.7 Å². The van der Waals surface area contributed by atoms with Crippen LogP contribution in [0.1, 0.15) is 33.6 Å². The number of thiophene rings is 1. The maximum atomic E-state index is 13.0. The summed E-state index contributed by atoms with van der Waals surface area (Å²) in [6.07, 6.45) is 2.26. The molecule has 10 nitrogen and oxygen atoms in total. The number of aryl methyl sites for hydroxylation is 2. The van der Waals surface area contributed by atoms with Crippen LogP contribution in [-0.4, -0.2) is 30.6 Å². The number of nitro benzene ring substituents is 1. The van der Waals surface area contributed by atoms with Crippen molar-refractivity contribution in [2.24, 2.45) is 0 Å². The Morgan fingerprint density at radius 2 is 2.12 bits per heavy atom. The molecule has 11 heteroatoms. The van der Waals surface area contributed by atoms with E-state index < -0.39 is 10.8 Å². The summed E-state index contributed by atoms with van der Waals surface area (Å²) in [5, 5.41) is 20.5. The molecule has 0 bridgehead atoms. The number of carbonyl (C=O) groups is 1. The lowest BCUT2D eigenvalue weighted by atomic mass is 10.1. The molecular weight excluding hydrogens is 444 g/mol. The number of benzene rings is 1. The van der Waals surface area contributed by atoms with Crippen LogP contribution in [0.2, 0.25) is 0 Å². The molecule has 5 rings (SSSR count). The number of hydrogen-bond donors (Lipinski definition) is 2. The van der Waals surface area contributed by atoms with Crippen molar-refractivity contribution < 1.29 is 9.72 Å². The monoisotopic (exact) mass is 462 g/mol. The molecule has 0 radical (unpaired) electrons. The molecule has 1 aromatic carbocycles. The van der Waals surface area contributed by atoms with Gasteiger partial charge in [-0.05, 0) is 43.7 Å². The first-order valence-corrected chi connectivity index (χ1v) is 11.1. The van der Waals surface area contributed by atoms with E-state index in [-0.39, 0.29) is 28.6 Å². The Morgan fingerprint density at radius 3 is 2.88 bits per heavy atom. The van der Waals surface area contributed by atoms with E-state index in [1.165, 1.54) is 34.2 Å². The Morgan fingerprint density at radius 1 is 1.27 bits per heavy atom. The fraction of sp³-hybridized carbons (Fsp3) is 0.182. The van der Waals surface area contributed by atoms with Crippen LogP contribution in [-0.2, 0) is 12.8 Å². The van der Waals surface area contributed by atoms with Crippen LogP contribution in [0.5, 0.6) is 0 Å². The standard InChI is InChI=1S/C22H18N6O4S/c1-12-7-8-13(10-17(12)28(31)32)20(29)24-19-11-16(18-6-3-9-33-18)26-27(19)22-23-15-5-2-4-14(15)21(30)25-22/h3,6-11H,2,4-5H2,1H3,(H,24,29)(H,23,25,30). The summed E-state index contributed by atoms with van der Waals surface area (Å²) in [5.74, 6) is -0.0538. The van der Waals surface area contributed by atoms with Crippen LogP contribution in [0.3, 0.4) is 0 Å². The highest BCUT2D eigenvalue weighted by Gasteiger charge is 2.22. The Hall–Kier alpha value is -4.12. The number of rotatable bonds is 5. The molecule has 0 fully saturated rings. The summed E-state index contributed by atoms with van der Waals surface area (Å²) in [6.45, 7) is 1.61. The summed E-state index contributed by atoms with van der Waals surface area (Å²) >= 11 is 1.48. The fourth-order valence-electron chi connectivity index (χ4n) is 3.84. The average Bonchev–Trinajstić information content (AvgIpc) is 3.54. The SMILES string of the molecule is Cc1ccc(C(=O)Nc2cc(-c3cccs3)nn2-c2nc3c(c(=O)[nH]2)CCC3)cc1[N+](=O)[O-]. The van der Waals surface area contributed by atoms with Crippen molar-refractivity contribution in [2.75, 3.05) is 5.32 Å². The molecule has 1 aliphatic carbocycles. The number of anilines is 1. The number of fused-ring (bicyclic) bond motifs is 1. The first kappa shape index (κ1) is 20.8. The smallest absolute Gasteiger partial charge is 0.273 e. The highest BCUT2D eigenvalue weighted by atomic mass is 32.1. The van der Waals surface area contributed by atoms with Gasteiger partial charge in [0.1, 0.15) is 11.5 Å². The molecule has 33 heavy (non-hydrogen) atoms. The number of nitrogens with one attached hydrogen (secondary N) is 2. The van der Waals surface area contributed by atoms with Gasteiger partial charge in [-0.15, -0.1) is 11.3 Å². The fourth-order valence-corrected chi connectivity index (χ4v) is 4.52. The predicted molar refractivity (Wildman–Crippen MR) is 123 cm³/mol. The first-order valence-electron chi connectivity index (χ1n) is 10.2. The molecule has 0 unspecified atom stereocenters. The molecule has 166 valence electrons. The maximum Gasteiger partial charge on any atom is 0.273 e.